The van der Waals surface area contributed by atoms with Gasteiger partial charge in [0.05, 0.1) is 19.1 Å². The first kappa shape index (κ1) is 11.6. The fourth-order valence-corrected chi connectivity index (χ4v) is 1.91. The lowest BCUT2D eigenvalue weighted by Crippen LogP contribution is -2.27. The Balaban J connectivity index is 1.75. The zero-order chi connectivity index (χ0) is 11.4. The predicted molar refractivity (Wildman–Crippen MR) is 65.2 cm³/mol. The highest BCUT2D eigenvalue weighted by Crippen LogP contribution is 2.16. The number of ether oxygens (including phenoxy) is 1. The molecular weight excluding hydrogens is 270 g/mol. The molecular formula is C12H14BrNO2. The zero-order valence-electron chi connectivity index (χ0n) is 8.91. The highest BCUT2D eigenvalue weighted by atomic mass is 79.9. The van der Waals surface area contributed by atoms with Crippen molar-refractivity contribution in [3.05, 3.63) is 34.3 Å². The summed E-state index contributed by atoms with van der Waals surface area (Å²) in [4.78, 5) is 11.6. The van der Waals surface area contributed by atoms with E-state index in [9.17, 15) is 4.79 Å². The SMILES string of the molecule is O=C(Cc1ccccc1Br)NCCC1CO1. The molecule has 0 radical (unpaired) electrons. The van der Waals surface area contributed by atoms with Crippen LogP contribution in [0.15, 0.2) is 28.7 Å². The van der Waals surface area contributed by atoms with Crippen molar-refractivity contribution in [2.45, 2.75) is 18.9 Å². The van der Waals surface area contributed by atoms with E-state index in [-0.39, 0.29) is 5.91 Å². The van der Waals surface area contributed by atoms with Crippen LogP contribution in [0, 0.1) is 0 Å². The molecule has 0 bridgehead atoms. The van der Waals surface area contributed by atoms with Crippen LogP contribution in [0.5, 0.6) is 0 Å². The minimum atomic E-state index is 0.0625. The van der Waals surface area contributed by atoms with Crippen molar-refractivity contribution in [1.29, 1.82) is 0 Å². The third-order valence-electron chi connectivity index (χ3n) is 2.50. The Labute approximate surface area is 103 Å². The van der Waals surface area contributed by atoms with Gasteiger partial charge < -0.3 is 10.1 Å². The van der Waals surface area contributed by atoms with Gasteiger partial charge >= 0.3 is 0 Å². The first-order valence-electron chi connectivity index (χ1n) is 5.37. The molecule has 1 aliphatic heterocycles. The Kier molecular flexibility index (Phi) is 3.96. The van der Waals surface area contributed by atoms with Crippen LogP contribution < -0.4 is 5.32 Å². The standard InChI is InChI=1S/C12H14BrNO2/c13-11-4-2-1-3-9(11)7-12(15)14-6-5-10-8-16-10/h1-4,10H,5-8H2,(H,14,15). The van der Waals surface area contributed by atoms with Crippen molar-refractivity contribution < 1.29 is 9.53 Å². The van der Waals surface area contributed by atoms with Crippen molar-refractivity contribution >= 4 is 21.8 Å². The molecule has 0 aromatic heterocycles. The van der Waals surface area contributed by atoms with Crippen molar-refractivity contribution in [3.63, 3.8) is 0 Å². The monoisotopic (exact) mass is 283 g/mol. The summed E-state index contributed by atoms with van der Waals surface area (Å²) in [6.45, 7) is 1.55. The predicted octanol–water partition coefficient (Wildman–Crippen LogP) is 1.90. The van der Waals surface area contributed by atoms with Gasteiger partial charge in [-0.3, -0.25) is 4.79 Å². The largest absolute Gasteiger partial charge is 0.373 e. The summed E-state index contributed by atoms with van der Waals surface area (Å²) >= 11 is 3.43. The lowest BCUT2D eigenvalue weighted by molar-refractivity contribution is -0.120. The van der Waals surface area contributed by atoms with E-state index in [1.807, 2.05) is 24.3 Å². The zero-order valence-corrected chi connectivity index (χ0v) is 10.5. The van der Waals surface area contributed by atoms with Crippen LogP contribution in [0.4, 0.5) is 0 Å². The second-order valence-corrected chi connectivity index (χ2v) is 4.72. The van der Waals surface area contributed by atoms with E-state index in [0.29, 0.717) is 19.1 Å². The fourth-order valence-electron chi connectivity index (χ4n) is 1.48. The number of amides is 1. The van der Waals surface area contributed by atoms with E-state index in [0.717, 1.165) is 23.1 Å². The number of rotatable bonds is 5. The molecule has 0 spiro atoms. The van der Waals surface area contributed by atoms with Gasteiger partial charge in [0, 0.05) is 11.0 Å². The minimum Gasteiger partial charge on any atom is -0.373 e. The number of benzene rings is 1. The molecule has 2 rings (SSSR count). The number of carbonyl (C=O) groups excluding carboxylic acids is 1. The summed E-state index contributed by atoms with van der Waals surface area (Å²) in [5.74, 6) is 0.0625. The van der Waals surface area contributed by atoms with Crippen LogP contribution in [0.3, 0.4) is 0 Å². The molecule has 1 heterocycles. The van der Waals surface area contributed by atoms with Gasteiger partial charge in [0.15, 0.2) is 0 Å². The van der Waals surface area contributed by atoms with Crippen LogP contribution in [0.25, 0.3) is 0 Å². The number of halogens is 1. The Morgan fingerprint density at radius 1 is 1.50 bits per heavy atom. The summed E-state index contributed by atoms with van der Waals surface area (Å²) in [5, 5.41) is 2.89. The third kappa shape index (κ3) is 3.61. The molecule has 1 aromatic carbocycles. The summed E-state index contributed by atoms with van der Waals surface area (Å²) < 4.78 is 6.05. The van der Waals surface area contributed by atoms with Crippen LogP contribution in [-0.4, -0.2) is 25.2 Å². The molecule has 1 unspecified atom stereocenters. The van der Waals surface area contributed by atoms with E-state index in [1.165, 1.54) is 0 Å². The first-order chi connectivity index (χ1) is 7.75. The molecule has 0 saturated carbocycles. The average Bonchev–Trinajstić information content (AvgIpc) is 3.05. The van der Waals surface area contributed by atoms with E-state index in [1.54, 1.807) is 0 Å². The molecule has 16 heavy (non-hydrogen) atoms. The topological polar surface area (TPSA) is 41.6 Å². The summed E-state index contributed by atoms with van der Waals surface area (Å²) in [6.07, 6.45) is 1.72. The van der Waals surface area contributed by atoms with E-state index in [2.05, 4.69) is 21.2 Å². The molecule has 1 N–H and O–H groups in total. The van der Waals surface area contributed by atoms with Crippen LogP contribution in [0.1, 0.15) is 12.0 Å². The van der Waals surface area contributed by atoms with Crippen molar-refractivity contribution in [2.75, 3.05) is 13.2 Å². The normalized spacial score (nSPS) is 18.2. The van der Waals surface area contributed by atoms with Crippen molar-refractivity contribution in [3.8, 4) is 0 Å². The highest BCUT2D eigenvalue weighted by Gasteiger charge is 2.21. The molecule has 3 nitrogen and oxygen atoms in total. The molecule has 1 aromatic rings. The van der Waals surface area contributed by atoms with Gasteiger partial charge in [-0.05, 0) is 18.1 Å². The molecule has 1 atom stereocenters. The lowest BCUT2D eigenvalue weighted by atomic mass is 10.1. The van der Waals surface area contributed by atoms with Gasteiger partial charge in [0.1, 0.15) is 0 Å². The van der Waals surface area contributed by atoms with E-state index in [4.69, 9.17) is 4.74 Å². The quantitative estimate of drug-likeness (QED) is 0.839. The van der Waals surface area contributed by atoms with Gasteiger partial charge in [0.25, 0.3) is 0 Å². The number of nitrogens with one attached hydrogen (secondary N) is 1. The second kappa shape index (κ2) is 5.46. The number of epoxide rings is 1. The first-order valence-corrected chi connectivity index (χ1v) is 6.16. The Morgan fingerprint density at radius 2 is 2.25 bits per heavy atom. The number of hydrogen-bond acceptors (Lipinski definition) is 2. The second-order valence-electron chi connectivity index (χ2n) is 3.86. The number of hydrogen-bond donors (Lipinski definition) is 1. The van der Waals surface area contributed by atoms with Crippen LogP contribution in [0.2, 0.25) is 0 Å². The highest BCUT2D eigenvalue weighted by molar-refractivity contribution is 9.10. The van der Waals surface area contributed by atoms with Gasteiger partial charge in [0.2, 0.25) is 5.91 Å². The van der Waals surface area contributed by atoms with Crippen molar-refractivity contribution in [2.24, 2.45) is 0 Å². The van der Waals surface area contributed by atoms with Gasteiger partial charge in [-0.2, -0.15) is 0 Å². The molecule has 1 fully saturated rings. The maximum Gasteiger partial charge on any atom is 0.224 e. The Bertz CT molecular complexity index is 377. The van der Waals surface area contributed by atoms with Crippen molar-refractivity contribution in [1.82, 2.24) is 5.32 Å². The molecule has 0 aliphatic carbocycles. The Hall–Kier alpha value is -0.870. The van der Waals surface area contributed by atoms with Crippen LogP contribution in [-0.2, 0) is 16.0 Å². The average molecular weight is 284 g/mol. The molecule has 1 amide bonds. The minimum absolute atomic E-state index is 0.0625. The summed E-state index contributed by atoms with van der Waals surface area (Å²) in [5.41, 5.74) is 1.02. The lowest BCUT2D eigenvalue weighted by Gasteiger charge is -2.05. The van der Waals surface area contributed by atoms with E-state index < -0.39 is 0 Å². The molecule has 1 aliphatic rings. The maximum atomic E-state index is 11.6. The number of carbonyl (C=O) groups is 1. The van der Waals surface area contributed by atoms with E-state index >= 15 is 0 Å². The molecule has 4 heteroatoms. The molecule has 86 valence electrons. The summed E-state index contributed by atoms with van der Waals surface area (Å²) in [6, 6.07) is 7.77. The summed E-state index contributed by atoms with van der Waals surface area (Å²) in [7, 11) is 0. The van der Waals surface area contributed by atoms with Gasteiger partial charge in [-0.15, -0.1) is 0 Å². The van der Waals surface area contributed by atoms with Gasteiger partial charge in [-0.25, -0.2) is 0 Å². The smallest absolute Gasteiger partial charge is 0.224 e. The Morgan fingerprint density at radius 3 is 2.94 bits per heavy atom. The maximum absolute atomic E-state index is 11.6. The molecule has 1 saturated heterocycles. The van der Waals surface area contributed by atoms with Crippen LogP contribution >= 0.6 is 15.9 Å². The third-order valence-corrected chi connectivity index (χ3v) is 3.27. The van der Waals surface area contributed by atoms with Gasteiger partial charge in [-0.1, -0.05) is 34.1 Å². The fraction of sp³-hybridized carbons (Fsp3) is 0.417.